The summed E-state index contributed by atoms with van der Waals surface area (Å²) in [6.07, 6.45) is 1.43. The third kappa shape index (κ3) is 4.89. The molecule has 29 heavy (non-hydrogen) atoms. The topological polar surface area (TPSA) is 101 Å². The molecule has 2 aliphatic heterocycles. The molecule has 2 heterocycles. The number of methoxy groups -OCH3 is 2. The zero-order valence-corrected chi connectivity index (χ0v) is 17.5. The molecule has 0 unspecified atom stereocenters. The van der Waals surface area contributed by atoms with Crippen molar-refractivity contribution in [2.24, 2.45) is 10.9 Å². The Bertz CT molecular complexity index is 810. The van der Waals surface area contributed by atoms with E-state index >= 15 is 0 Å². The van der Waals surface area contributed by atoms with Gasteiger partial charge in [-0.3, -0.25) is 19.5 Å². The molecule has 2 amide bonds. The van der Waals surface area contributed by atoms with Gasteiger partial charge in [0.05, 0.1) is 33.0 Å². The molecule has 0 spiro atoms. The van der Waals surface area contributed by atoms with E-state index in [0.717, 1.165) is 32.7 Å². The van der Waals surface area contributed by atoms with Gasteiger partial charge in [0.15, 0.2) is 11.0 Å². The summed E-state index contributed by atoms with van der Waals surface area (Å²) < 4.78 is 10.6. The molecule has 9 nitrogen and oxygen atoms in total. The molecular weight excluding hydrogens is 394 g/mol. The van der Waals surface area contributed by atoms with E-state index in [1.807, 2.05) is 0 Å². The molecule has 156 valence electrons. The highest BCUT2D eigenvalue weighted by molar-refractivity contribution is 7.80. The SMILES string of the molecule is COc1ccc(OC)c(N2C(=O)[C@H](C=NCC[NH+]3CC[NH2+]CC3)C(=O)NC2=S)c1. The van der Waals surface area contributed by atoms with E-state index in [2.05, 4.69) is 15.6 Å². The Morgan fingerprint density at radius 2 is 2.07 bits per heavy atom. The summed E-state index contributed by atoms with van der Waals surface area (Å²) in [7, 11) is 3.03. The highest BCUT2D eigenvalue weighted by Gasteiger charge is 2.39. The highest BCUT2D eigenvalue weighted by atomic mass is 32.1. The number of aliphatic imine (C=N–C) groups is 1. The minimum absolute atomic E-state index is 0.00483. The van der Waals surface area contributed by atoms with Gasteiger partial charge in [-0.25, -0.2) is 0 Å². The number of rotatable bonds is 7. The van der Waals surface area contributed by atoms with Crippen LogP contribution in [0.3, 0.4) is 0 Å². The van der Waals surface area contributed by atoms with Crippen LogP contribution in [0.4, 0.5) is 5.69 Å². The van der Waals surface area contributed by atoms with Crippen molar-refractivity contribution in [2.45, 2.75) is 0 Å². The van der Waals surface area contributed by atoms with Gasteiger partial charge >= 0.3 is 0 Å². The number of hydrogen-bond donors (Lipinski definition) is 3. The van der Waals surface area contributed by atoms with Crippen LogP contribution in [0.15, 0.2) is 23.2 Å². The van der Waals surface area contributed by atoms with Gasteiger partial charge in [-0.2, -0.15) is 0 Å². The molecule has 1 aromatic rings. The van der Waals surface area contributed by atoms with Crippen LogP contribution in [-0.2, 0) is 9.59 Å². The summed E-state index contributed by atoms with van der Waals surface area (Å²) in [6, 6.07) is 5.05. The van der Waals surface area contributed by atoms with Crippen LogP contribution in [0.1, 0.15) is 0 Å². The summed E-state index contributed by atoms with van der Waals surface area (Å²) in [5.41, 5.74) is 0.411. The maximum Gasteiger partial charge on any atom is 0.251 e. The Morgan fingerprint density at radius 3 is 2.76 bits per heavy atom. The van der Waals surface area contributed by atoms with Crippen molar-refractivity contribution in [3.63, 3.8) is 0 Å². The van der Waals surface area contributed by atoms with E-state index < -0.39 is 17.7 Å². The van der Waals surface area contributed by atoms with Crippen LogP contribution < -0.4 is 29.9 Å². The average Bonchev–Trinajstić information content (AvgIpc) is 2.73. The summed E-state index contributed by atoms with van der Waals surface area (Å²) in [6.45, 7) is 5.92. The fraction of sp³-hybridized carbons (Fsp3) is 0.474. The third-order valence-electron chi connectivity index (χ3n) is 5.08. The number of hydrogen-bond acceptors (Lipinski definition) is 6. The lowest BCUT2D eigenvalue weighted by Crippen LogP contribution is -3.20. The monoisotopic (exact) mass is 421 g/mol. The number of nitrogens with zero attached hydrogens (tertiary/aromatic N) is 2. The second-order valence-corrected chi connectivity index (χ2v) is 7.29. The molecule has 2 saturated heterocycles. The molecule has 1 aromatic carbocycles. The lowest BCUT2D eigenvalue weighted by Gasteiger charge is -2.31. The van der Waals surface area contributed by atoms with E-state index in [4.69, 9.17) is 21.7 Å². The van der Waals surface area contributed by atoms with Crippen molar-refractivity contribution >= 4 is 41.0 Å². The minimum atomic E-state index is -1.04. The smallest absolute Gasteiger partial charge is 0.251 e. The molecule has 2 aliphatic rings. The number of piperazine rings is 1. The number of carbonyl (C=O) groups is 2. The van der Waals surface area contributed by atoms with Crippen molar-refractivity contribution < 1.29 is 29.3 Å². The van der Waals surface area contributed by atoms with Gasteiger partial charge in [-0.1, -0.05) is 0 Å². The molecular formula is C19H27N5O4S+2. The predicted molar refractivity (Wildman–Crippen MR) is 112 cm³/mol. The number of carbonyl (C=O) groups excluding carboxylic acids is 2. The van der Waals surface area contributed by atoms with Crippen LogP contribution in [-0.4, -0.2) is 76.6 Å². The maximum atomic E-state index is 13.1. The molecule has 2 fully saturated rings. The standard InChI is InChI=1S/C19H25N5O4S/c1-27-13-3-4-16(28-2)15(11-13)24-18(26)14(17(25)22-19(24)29)12-21-7-10-23-8-5-20-6-9-23/h3-4,11-12,14,20H,5-10H2,1-2H3,(H,22,25,29)/p+2/t14-/m1/s1. The molecule has 10 heteroatoms. The molecule has 0 aliphatic carbocycles. The molecule has 0 saturated carbocycles. The van der Waals surface area contributed by atoms with Gasteiger partial charge in [0, 0.05) is 12.3 Å². The fourth-order valence-electron chi connectivity index (χ4n) is 3.46. The number of ether oxygens (including phenoxy) is 2. The van der Waals surface area contributed by atoms with E-state index in [0.29, 0.717) is 23.7 Å². The van der Waals surface area contributed by atoms with Crippen molar-refractivity contribution in [2.75, 3.05) is 58.4 Å². The van der Waals surface area contributed by atoms with E-state index in [1.54, 1.807) is 18.2 Å². The average molecular weight is 422 g/mol. The van der Waals surface area contributed by atoms with Crippen LogP contribution in [0.5, 0.6) is 11.5 Å². The van der Waals surface area contributed by atoms with Gasteiger partial charge in [-0.05, 0) is 24.4 Å². The number of thiocarbonyl (C=S) groups is 1. The van der Waals surface area contributed by atoms with Crippen molar-refractivity contribution in [3.05, 3.63) is 18.2 Å². The van der Waals surface area contributed by atoms with Crippen LogP contribution in [0.2, 0.25) is 0 Å². The predicted octanol–water partition coefficient (Wildman–Crippen LogP) is -2.40. The first-order valence-corrected chi connectivity index (χ1v) is 10.0. The van der Waals surface area contributed by atoms with Crippen molar-refractivity contribution in [3.8, 4) is 11.5 Å². The normalized spacial score (nSPS) is 20.8. The van der Waals surface area contributed by atoms with Crippen LogP contribution in [0.25, 0.3) is 0 Å². The Morgan fingerprint density at radius 1 is 1.31 bits per heavy atom. The van der Waals surface area contributed by atoms with Crippen molar-refractivity contribution in [1.29, 1.82) is 0 Å². The zero-order valence-electron chi connectivity index (χ0n) is 16.6. The molecule has 4 N–H and O–H groups in total. The van der Waals surface area contributed by atoms with Gasteiger partial charge in [0.2, 0.25) is 5.91 Å². The summed E-state index contributed by atoms with van der Waals surface area (Å²) in [4.78, 5) is 32.6. The largest absolute Gasteiger partial charge is 0.497 e. The zero-order chi connectivity index (χ0) is 20.8. The van der Waals surface area contributed by atoms with E-state index in [9.17, 15) is 9.59 Å². The third-order valence-corrected chi connectivity index (χ3v) is 5.37. The summed E-state index contributed by atoms with van der Waals surface area (Å²) in [5.74, 6) is -0.989. The first-order valence-electron chi connectivity index (χ1n) is 9.61. The van der Waals surface area contributed by atoms with Gasteiger partial charge in [0.25, 0.3) is 5.91 Å². The summed E-state index contributed by atoms with van der Waals surface area (Å²) in [5, 5.41) is 4.90. The number of amides is 2. The number of anilines is 1. The lowest BCUT2D eigenvalue weighted by molar-refractivity contribution is -0.945. The number of benzene rings is 1. The molecule has 3 rings (SSSR count). The second kappa shape index (κ2) is 9.77. The molecule has 0 radical (unpaired) electrons. The van der Waals surface area contributed by atoms with Gasteiger partial charge in [0.1, 0.15) is 37.7 Å². The number of nitrogens with two attached hydrogens (primary N) is 1. The first-order chi connectivity index (χ1) is 14.0. The van der Waals surface area contributed by atoms with Gasteiger partial charge in [-0.15, -0.1) is 0 Å². The van der Waals surface area contributed by atoms with E-state index in [1.165, 1.54) is 30.2 Å². The first kappa shape index (κ1) is 21.2. The Kier molecular flexibility index (Phi) is 7.13. The Hall–Kier alpha value is -2.56. The molecule has 0 bridgehead atoms. The van der Waals surface area contributed by atoms with Crippen LogP contribution in [0, 0.1) is 5.92 Å². The summed E-state index contributed by atoms with van der Waals surface area (Å²) >= 11 is 5.25. The Balaban J connectivity index is 1.75. The number of nitrogens with one attached hydrogen (secondary N) is 2. The second-order valence-electron chi connectivity index (χ2n) is 6.90. The highest BCUT2D eigenvalue weighted by Crippen LogP contribution is 2.34. The van der Waals surface area contributed by atoms with E-state index in [-0.39, 0.29) is 5.11 Å². The Labute approximate surface area is 175 Å². The quantitative estimate of drug-likeness (QED) is 0.259. The van der Waals surface area contributed by atoms with Gasteiger partial charge < -0.3 is 25.0 Å². The minimum Gasteiger partial charge on any atom is -0.497 e. The molecule has 1 atom stereocenters. The van der Waals surface area contributed by atoms with Crippen molar-refractivity contribution in [1.82, 2.24) is 5.32 Å². The number of quaternary nitrogens is 2. The lowest BCUT2D eigenvalue weighted by atomic mass is 10.1. The van der Waals surface area contributed by atoms with Crippen LogP contribution >= 0.6 is 12.2 Å². The maximum absolute atomic E-state index is 13.1. The fourth-order valence-corrected chi connectivity index (χ4v) is 3.74. The molecule has 0 aromatic heterocycles.